The van der Waals surface area contributed by atoms with Gasteiger partial charge in [0, 0.05) is 35.3 Å². The average molecular weight is 360 g/mol. The maximum Gasteiger partial charge on any atom is 0.321 e. The predicted molar refractivity (Wildman–Crippen MR) is 99.8 cm³/mol. The van der Waals surface area contributed by atoms with Crippen molar-refractivity contribution in [2.45, 2.75) is 11.7 Å². The zero-order chi connectivity index (χ0) is 17.6. The quantitative estimate of drug-likeness (QED) is 0.873. The maximum absolute atomic E-state index is 14.0. The lowest BCUT2D eigenvalue weighted by Gasteiger charge is -2.21. The summed E-state index contributed by atoms with van der Waals surface area (Å²) in [6.07, 6.45) is 0.738. The van der Waals surface area contributed by atoms with E-state index in [1.807, 2.05) is 36.4 Å². The van der Waals surface area contributed by atoms with E-state index in [1.165, 1.54) is 6.07 Å². The van der Waals surface area contributed by atoms with Crippen molar-refractivity contribution in [3.8, 4) is 5.75 Å². The maximum atomic E-state index is 14.0. The van der Waals surface area contributed by atoms with E-state index < -0.39 is 0 Å². The molecule has 1 aliphatic rings. The summed E-state index contributed by atoms with van der Waals surface area (Å²) in [5, 5.41) is 2.99. The van der Waals surface area contributed by atoms with Gasteiger partial charge in [-0.05, 0) is 36.8 Å². The number of halogens is 1. The third-order valence-electron chi connectivity index (χ3n) is 4.22. The van der Waals surface area contributed by atoms with E-state index >= 15 is 0 Å². The Morgan fingerprint density at radius 1 is 1.20 bits per heavy atom. The lowest BCUT2D eigenvalue weighted by atomic mass is 10.1. The number of hydrogen-bond donors (Lipinski definition) is 1. The third-order valence-corrected chi connectivity index (χ3v) is 5.53. The highest BCUT2D eigenvalue weighted by Crippen LogP contribution is 2.35. The number of carbonyl (C=O) groups is 1. The van der Waals surface area contributed by atoms with E-state index in [0.29, 0.717) is 13.1 Å². The Morgan fingerprint density at radius 3 is 2.68 bits per heavy atom. The molecule has 0 spiro atoms. The van der Waals surface area contributed by atoms with Gasteiger partial charge in [-0.2, -0.15) is 11.8 Å². The molecule has 3 rings (SSSR count). The van der Waals surface area contributed by atoms with E-state index in [1.54, 1.807) is 29.8 Å². The normalized spacial score (nSPS) is 17.7. The third kappa shape index (κ3) is 4.45. The summed E-state index contributed by atoms with van der Waals surface area (Å²) in [6, 6.07) is 14.0. The van der Waals surface area contributed by atoms with E-state index in [9.17, 15) is 9.18 Å². The Hall–Kier alpha value is -2.21. The highest BCUT2D eigenvalue weighted by molar-refractivity contribution is 7.99. The summed E-state index contributed by atoms with van der Waals surface area (Å²) in [5.74, 6) is 1.36. The SMILES string of the molecule is COc1ccc(NC(=O)N2CCSC(c3ccccc3F)CC2)cc1. The van der Waals surface area contributed by atoms with E-state index in [2.05, 4.69) is 5.32 Å². The van der Waals surface area contributed by atoms with Crippen LogP contribution >= 0.6 is 11.8 Å². The number of anilines is 1. The zero-order valence-electron chi connectivity index (χ0n) is 14.1. The molecule has 0 aliphatic carbocycles. The van der Waals surface area contributed by atoms with Crippen LogP contribution in [0.15, 0.2) is 48.5 Å². The van der Waals surface area contributed by atoms with Gasteiger partial charge in [0.15, 0.2) is 0 Å². The number of rotatable bonds is 3. The minimum atomic E-state index is -0.170. The molecule has 1 saturated heterocycles. The van der Waals surface area contributed by atoms with Gasteiger partial charge >= 0.3 is 6.03 Å². The molecule has 2 amide bonds. The van der Waals surface area contributed by atoms with E-state index in [4.69, 9.17) is 4.74 Å². The smallest absolute Gasteiger partial charge is 0.321 e. The van der Waals surface area contributed by atoms with Crippen molar-refractivity contribution in [3.63, 3.8) is 0 Å². The summed E-state index contributed by atoms with van der Waals surface area (Å²) >= 11 is 1.71. The van der Waals surface area contributed by atoms with Gasteiger partial charge in [0.1, 0.15) is 11.6 Å². The van der Waals surface area contributed by atoms with Gasteiger partial charge in [0.2, 0.25) is 0 Å². The van der Waals surface area contributed by atoms with Crippen molar-refractivity contribution in [3.05, 3.63) is 59.9 Å². The molecule has 0 aromatic heterocycles. The van der Waals surface area contributed by atoms with Gasteiger partial charge < -0.3 is 15.0 Å². The Balaban J connectivity index is 1.60. The zero-order valence-corrected chi connectivity index (χ0v) is 14.9. The number of nitrogens with zero attached hydrogens (tertiary/aromatic N) is 1. The van der Waals surface area contributed by atoms with Crippen LogP contribution in [-0.4, -0.2) is 36.9 Å². The van der Waals surface area contributed by atoms with Crippen LogP contribution in [0.5, 0.6) is 5.75 Å². The van der Waals surface area contributed by atoms with Crippen LogP contribution in [0.1, 0.15) is 17.2 Å². The Morgan fingerprint density at radius 2 is 1.96 bits per heavy atom. The predicted octanol–water partition coefficient (Wildman–Crippen LogP) is 4.55. The summed E-state index contributed by atoms with van der Waals surface area (Å²) in [7, 11) is 1.61. The second kappa shape index (κ2) is 8.25. The molecule has 0 radical (unpaired) electrons. The number of thioether (sulfide) groups is 1. The first kappa shape index (κ1) is 17.6. The fourth-order valence-electron chi connectivity index (χ4n) is 2.83. The Kier molecular flexibility index (Phi) is 5.81. The molecule has 1 N–H and O–H groups in total. The van der Waals surface area contributed by atoms with Crippen LogP contribution in [0.2, 0.25) is 0 Å². The van der Waals surface area contributed by atoms with Crippen LogP contribution in [0.3, 0.4) is 0 Å². The molecule has 0 saturated carbocycles. The summed E-state index contributed by atoms with van der Waals surface area (Å²) in [4.78, 5) is 14.3. The first-order chi connectivity index (χ1) is 12.2. The number of nitrogens with one attached hydrogen (secondary N) is 1. The topological polar surface area (TPSA) is 41.6 Å². The molecule has 132 valence electrons. The van der Waals surface area contributed by atoms with Crippen molar-refractivity contribution in [2.75, 3.05) is 31.3 Å². The number of benzene rings is 2. The molecular formula is C19H21FN2O2S. The van der Waals surface area contributed by atoms with Crippen molar-refractivity contribution in [1.29, 1.82) is 0 Å². The number of ether oxygens (including phenoxy) is 1. The van der Waals surface area contributed by atoms with Crippen LogP contribution < -0.4 is 10.1 Å². The minimum absolute atomic E-state index is 0.0833. The van der Waals surface area contributed by atoms with Gasteiger partial charge in [0.05, 0.1) is 7.11 Å². The van der Waals surface area contributed by atoms with Crippen molar-refractivity contribution >= 4 is 23.5 Å². The molecule has 25 heavy (non-hydrogen) atoms. The number of urea groups is 1. The van der Waals surface area contributed by atoms with Gasteiger partial charge in [0.25, 0.3) is 0 Å². The van der Waals surface area contributed by atoms with Gasteiger partial charge in [-0.15, -0.1) is 0 Å². The largest absolute Gasteiger partial charge is 0.497 e. The molecule has 1 heterocycles. The first-order valence-electron chi connectivity index (χ1n) is 8.23. The summed E-state index contributed by atoms with van der Waals surface area (Å²) in [5.41, 5.74) is 1.46. The fourth-order valence-corrected chi connectivity index (χ4v) is 4.09. The van der Waals surface area contributed by atoms with Gasteiger partial charge in [-0.3, -0.25) is 0 Å². The molecule has 4 nitrogen and oxygen atoms in total. The molecule has 2 aromatic rings. The summed E-state index contributed by atoms with van der Waals surface area (Å²) < 4.78 is 19.1. The second-order valence-electron chi connectivity index (χ2n) is 5.82. The number of amides is 2. The summed E-state index contributed by atoms with van der Waals surface area (Å²) in [6.45, 7) is 1.26. The van der Waals surface area contributed by atoms with E-state index in [-0.39, 0.29) is 17.1 Å². The number of carbonyl (C=O) groups excluding carboxylic acids is 1. The molecule has 1 atom stereocenters. The molecule has 0 bridgehead atoms. The molecular weight excluding hydrogens is 339 g/mol. The monoisotopic (exact) mass is 360 g/mol. The Labute approximate surface area is 151 Å². The highest BCUT2D eigenvalue weighted by atomic mass is 32.2. The number of hydrogen-bond acceptors (Lipinski definition) is 3. The lowest BCUT2D eigenvalue weighted by Crippen LogP contribution is -2.36. The number of methoxy groups -OCH3 is 1. The van der Waals surface area contributed by atoms with Crippen molar-refractivity contribution < 1.29 is 13.9 Å². The van der Waals surface area contributed by atoms with Crippen LogP contribution in [0.25, 0.3) is 0 Å². The molecule has 1 unspecified atom stereocenters. The van der Waals surface area contributed by atoms with E-state index in [0.717, 1.165) is 29.2 Å². The minimum Gasteiger partial charge on any atom is -0.497 e. The second-order valence-corrected chi connectivity index (χ2v) is 7.13. The van der Waals surface area contributed by atoms with Crippen molar-refractivity contribution in [2.24, 2.45) is 0 Å². The van der Waals surface area contributed by atoms with Crippen LogP contribution in [-0.2, 0) is 0 Å². The standard InChI is InChI=1S/C19H21FN2O2S/c1-24-15-8-6-14(7-9-15)21-19(23)22-11-10-18(25-13-12-22)16-4-2-3-5-17(16)20/h2-9,18H,10-13H2,1H3,(H,21,23). The molecule has 6 heteroatoms. The molecule has 1 aliphatic heterocycles. The van der Waals surface area contributed by atoms with Crippen LogP contribution in [0, 0.1) is 5.82 Å². The average Bonchev–Trinajstić information content (AvgIpc) is 2.89. The van der Waals surface area contributed by atoms with Gasteiger partial charge in [-0.25, -0.2) is 9.18 Å². The highest BCUT2D eigenvalue weighted by Gasteiger charge is 2.23. The van der Waals surface area contributed by atoms with Gasteiger partial charge in [-0.1, -0.05) is 18.2 Å². The van der Waals surface area contributed by atoms with Crippen LogP contribution in [0.4, 0.5) is 14.9 Å². The fraction of sp³-hybridized carbons (Fsp3) is 0.316. The lowest BCUT2D eigenvalue weighted by molar-refractivity contribution is 0.215. The Bertz CT molecular complexity index is 724. The molecule has 1 fully saturated rings. The first-order valence-corrected chi connectivity index (χ1v) is 9.28. The molecule has 2 aromatic carbocycles. The van der Waals surface area contributed by atoms with Crippen molar-refractivity contribution in [1.82, 2.24) is 4.90 Å².